The van der Waals surface area contributed by atoms with Gasteiger partial charge in [-0.2, -0.15) is 23.7 Å². The predicted octanol–water partition coefficient (Wildman–Crippen LogP) is 3.50. The molecule has 184 valence electrons. The zero-order valence-electron chi connectivity index (χ0n) is 19.6. The molecule has 0 amide bonds. The highest BCUT2D eigenvalue weighted by Gasteiger charge is 2.35. The Bertz CT molecular complexity index is 1330. The first-order valence-corrected chi connectivity index (χ1v) is 11.2. The number of methoxy groups -OCH3 is 1. The Morgan fingerprint density at radius 3 is 2.77 bits per heavy atom. The number of nitrogens with zero attached hydrogens (tertiary/aromatic N) is 6. The van der Waals surface area contributed by atoms with Crippen LogP contribution in [0.15, 0.2) is 36.7 Å². The first kappa shape index (κ1) is 23.1. The summed E-state index contributed by atoms with van der Waals surface area (Å²) >= 11 is 0. The SMILES string of the molecule is CO[C@]1(COc2cnn(C(F)F)c2-c2ccn3nc(Nc4cc(C)nc(C)n4)cc3c2)CCNC1. The van der Waals surface area contributed by atoms with Gasteiger partial charge in [-0.05, 0) is 38.9 Å². The van der Waals surface area contributed by atoms with E-state index in [4.69, 9.17) is 9.47 Å². The van der Waals surface area contributed by atoms with Gasteiger partial charge in [0.15, 0.2) is 11.6 Å². The second-order valence-electron chi connectivity index (χ2n) is 8.56. The minimum atomic E-state index is -2.82. The molecule has 1 aliphatic heterocycles. The molecule has 0 spiro atoms. The highest BCUT2D eigenvalue weighted by atomic mass is 19.3. The molecule has 35 heavy (non-hydrogen) atoms. The smallest absolute Gasteiger partial charge is 0.333 e. The summed E-state index contributed by atoms with van der Waals surface area (Å²) in [5, 5.41) is 14.8. The molecule has 0 aromatic carbocycles. The zero-order chi connectivity index (χ0) is 24.6. The monoisotopic (exact) mass is 484 g/mol. The standard InChI is InChI=1S/C23H26F2N8O2/c1-14-8-19(29-15(2)28-14)30-20-10-17-9-16(4-7-32(17)31-20)21-18(11-27-33(21)22(24)25)35-13-23(34-3)5-6-26-12-23/h4,7-11,22,26H,5-6,12-13H2,1-3H3,(H,28,29,30,31)/t23-/m1/s1. The number of halogens is 2. The quantitative estimate of drug-likeness (QED) is 0.392. The number of fused-ring (bicyclic) bond motifs is 1. The van der Waals surface area contributed by atoms with Crippen LogP contribution in [-0.2, 0) is 4.74 Å². The van der Waals surface area contributed by atoms with Crippen molar-refractivity contribution in [1.82, 2.24) is 34.7 Å². The third kappa shape index (κ3) is 4.66. The highest BCUT2D eigenvalue weighted by Crippen LogP contribution is 2.35. The molecule has 0 bridgehead atoms. The van der Waals surface area contributed by atoms with Crippen molar-refractivity contribution >= 4 is 17.2 Å². The van der Waals surface area contributed by atoms with Crippen LogP contribution in [0, 0.1) is 13.8 Å². The molecule has 5 rings (SSSR count). The maximum atomic E-state index is 13.8. The normalized spacial score (nSPS) is 18.0. The topological polar surface area (TPSA) is 103 Å². The number of hydrogen-bond donors (Lipinski definition) is 2. The van der Waals surface area contributed by atoms with Crippen LogP contribution in [-0.4, -0.2) is 61.8 Å². The zero-order valence-corrected chi connectivity index (χ0v) is 19.6. The maximum Gasteiger partial charge on any atom is 0.333 e. The number of ether oxygens (including phenoxy) is 2. The van der Waals surface area contributed by atoms with E-state index in [2.05, 4.69) is 30.8 Å². The molecule has 0 saturated carbocycles. The number of hydrogen-bond acceptors (Lipinski definition) is 8. The minimum Gasteiger partial charge on any atom is -0.487 e. The molecule has 4 aromatic rings. The number of aromatic nitrogens is 6. The molecule has 1 aliphatic rings. The van der Waals surface area contributed by atoms with Gasteiger partial charge in [-0.15, -0.1) is 0 Å². The second-order valence-corrected chi connectivity index (χ2v) is 8.56. The van der Waals surface area contributed by atoms with Crippen molar-refractivity contribution in [2.75, 3.05) is 32.1 Å². The average molecular weight is 485 g/mol. The van der Waals surface area contributed by atoms with E-state index in [-0.39, 0.29) is 18.1 Å². The maximum absolute atomic E-state index is 13.8. The van der Waals surface area contributed by atoms with E-state index in [1.807, 2.05) is 26.0 Å². The van der Waals surface area contributed by atoms with Crippen LogP contribution in [0.25, 0.3) is 16.8 Å². The average Bonchev–Trinajstić information content (AvgIpc) is 3.54. The molecule has 0 aliphatic carbocycles. The summed E-state index contributed by atoms with van der Waals surface area (Å²) in [6.07, 6.45) is 3.79. The van der Waals surface area contributed by atoms with Gasteiger partial charge in [-0.25, -0.2) is 14.5 Å². The summed E-state index contributed by atoms with van der Waals surface area (Å²) < 4.78 is 41.6. The lowest BCUT2D eigenvalue weighted by Gasteiger charge is -2.26. The summed E-state index contributed by atoms with van der Waals surface area (Å²) in [7, 11) is 1.63. The third-order valence-corrected chi connectivity index (χ3v) is 6.03. The Kier molecular flexibility index (Phi) is 6.07. The van der Waals surface area contributed by atoms with Crippen LogP contribution in [0.1, 0.15) is 24.5 Å². The van der Waals surface area contributed by atoms with Crippen LogP contribution in [0.4, 0.5) is 20.4 Å². The molecule has 12 heteroatoms. The number of alkyl halides is 2. The van der Waals surface area contributed by atoms with Gasteiger partial charge in [0.25, 0.3) is 0 Å². The number of aryl methyl sites for hydroxylation is 2. The van der Waals surface area contributed by atoms with E-state index in [1.54, 1.807) is 30.0 Å². The van der Waals surface area contributed by atoms with Gasteiger partial charge in [0.2, 0.25) is 0 Å². The fourth-order valence-electron chi connectivity index (χ4n) is 4.28. The molecule has 10 nitrogen and oxygen atoms in total. The molecule has 1 saturated heterocycles. The van der Waals surface area contributed by atoms with Crippen molar-refractivity contribution in [2.45, 2.75) is 32.4 Å². The lowest BCUT2D eigenvalue weighted by atomic mass is 10.0. The molecular formula is C23H26F2N8O2. The van der Waals surface area contributed by atoms with Gasteiger partial charge in [-0.3, -0.25) is 0 Å². The van der Waals surface area contributed by atoms with Gasteiger partial charge >= 0.3 is 6.55 Å². The van der Waals surface area contributed by atoms with Gasteiger partial charge in [0.1, 0.15) is 29.5 Å². The number of rotatable bonds is 8. The Hall–Kier alpha value is -3.64. The number of nitrogens with one attached hydrogen (secondary N) is 2. The van der Waals surface area contributed by atoms with E-state index in [0.717, 1.165) is 18.7 Å². The number of anilines is 2. The second kappa shape index (κ2) is 9.19. The lowest BCUT2D eigenvalue weighted by Crippen LogP contribution is -2.40. The van der Waals surface area contributed by atoms with Crippen molar-refractivity contribution in [3.63, 3.8) is 0 Å². The Labute approximate surface area is 200 Å². The van der Waals surface area contributed by atoms with Gasteiger partial charge in [-0.1, -0.05) is 0 Å². The third-order valence-electron chi connectivity index (χ3n) is 6.03. The Morgan fingerprint density at radius 1 is 1.20 bits per heavy atom. The highest BCUT2D eigenvalue weighted by molar-refractivity contribution is 5.73. The van der Waals surface area contributed by atoms with Gasteiger partial charge in [0, 0.05) is 43.2 Å². The Morgan fingerprint density at radius 2 is 2.06 bits per heavy atom. The van der Waals surface area contributed by atoms with Crippen LogP contribution >= 0.6 is 0 Å². The molecule has 0 radical (unpaired) electrons. The van der Waals surface area contributed by atoms with Crippen molar-refractivity contribution in [2.24, 2.45) is 0 Å². The fourth-order valence-corrected chi connectivity index (χ4v) is 4.28. The summed E-state index contributed by atoms with van der Waals surface area (Å²) in [5.74, 6) is 2.10. The molecule has 1 atom stereocenters. The van der Waals surface area contributed by atoms with Crippen LogP contribution in [0.3, 0.4) is 0 Å². The number of pyridine rings is 1. The van der Waals surface area contributed by atoms with Crippen molar-refractivity contribution in [1.29, 1.82) is 0 Å². The van der Waals surface area contributed by atoms with Crippen molar-refractivity contribution in [3.8, 4) is 17.0 Å². The van der Waals surface area contributed by atoms with E-state index in [0.29, 0.717) is 39.8 Å². The summed E-state index contributed by atoms with van der Waals surface area (Å²) in [6.45, 7) is 2.54. The first-order chi connectivity index (χ1) is 16.9. The van der Waals surface area contributed by atoms with E-state index >= 15 is 0 Å². The molecule has 5 heterocycles. The van der Waals surface area contributed by atoms with Crippen molar-refractivity contribution < 1.29 is 18.3 Å². The van der Waals surface area contributed by atoms with Crippen molar-refractivity contribution in [3.05, 3.63) is 48.2 Å². The van der Waals surface area contributed by atoms with Crippen LogP contribution in [0.5, 0.6) is 5.75 Å². The largest absolute Gasteiger partial charge is 0.487 e. The van der Waals surface area contributed by atoms with E-state index < -0.39 is 12.2 Å². The molecule has 1 fully saturated rings. The summed E-state index contributed by atoms with van der Waals surface area (Å²) in [5.41, 5.74) is 1.76. The minimum absolute atomic E-state index is 0.192. The summed E-state index contributed by atoms with van der Waals surface area (Å²) in [4.78, 5) is 8.64. The lowest BCUT2D eigenvalue weighted by molar-refractivity contribution is -0.0281. The molecule has 0 unspecified atom stereocenters. The predicted molar refractivity (Wildman–Crippen MR) is 125 cm³/mol. The van der Waals surface area contributed by atoms with Crippen LogP contribution < -0.4 is 15.4 Å². The first-order valence-electron chi connectivity index (χ1n) is 11.2. The Balaban J connectivity index is 1.45. The molecule has 2 N–H and O–H groups in total. The van der Waals surface area contributed by atoms with E-state index in [1.165, 1.54) is 6.20 Å². The van der Waals surface area contributed by atoms with E-state index in [9.17, 15) is 8.78 Å². The molecular weight excluding hydrogens is 458 g/mol. The molecule has 4 aromatic heterocycles. The van der Waals surface area contributed by atoms with Crippen LogP contribution in [0.2, 0.25) is 0 Å². The fraction of sp³-hybridized carbons (Fsp3) is 0.391. The van der Waals surface area contributed by atoms with Gasteiger partial charge < -0.3 is 20.1 Å². The summed E-state index contributed by atoms with van der Waals surface area (Å²) in [6, 6.07) is 7.10. The van der Waals surface area contributed by atoms with Gasteiger partial charge in [0.05, 0.1) is 11.7 Å².